The number of hydrogen-bond donors (Lipinski definition) is 5. The van der Waals surface area contributed by atoms with E-state index in [4.69, 9.17) is 30.2 Å². The van der Waals surface area contributed by atoms with E-state index in [1.165, 1.54) is 32.4 Å². The molecular formula is C24H30F3N5O8S. The van der Waals surface area contributed by atoms with E-state index in [0.717, 1.165) is 0 Å². The Labute approximate surface area is 233 Å². The molecule has 0 saturated heterocycles. The van der Waals surface area contributed by atoms with Gasteiger partial charge in [-0.3, -0.25) is 14.9 Å². The van der Waals surface area contributed by atoms with Crippen molar-refractivity contribution < 1.29 is 50.6 Å². The summed E-state index contributed by atoms with van der Waals surface area (Å²) >= 11 is 0. The van der Waals surface area contributed by atoms with Gasteiger partial charge in [0.15, 0.2) is 17.5 Å². The number of benzene rings is 2. The molecule has 0 fully saturated rings. The zero-order chi connectivity index (χ0) is 31.5. The van der Waals surface area contributed by atoms with Crippen molar-refractivity contribution in [1.29, 1.82) is 0 Å². The Balaban J connectivity index is 0.00000106. The summed E-state index contributed by atoms with van der Waals surface area (Å²) in [5.41, 5.74) is 7.42. The third-order valence-corrected chi connectivity index (χ3v) is 6.01. The number of halogens is 3. The lowest BCUT2D eigenvalue weighted by Crippen LogP contribution is -2.40. The number of aliphatic imine (C=N–C) groups is 1. The predicted octanol–water partition coefficient (Wildman–Crippen LogP) is 1.68. The highest BCUT2D eigenvalue weighted by atomic mass is 32.2. The SMILES string of the molecule is CC[C@@H](N=C(N)NC(=O)Cc1ccc(OC)c(OC)c1)C(=O)Nc1cc(S(N)(=O)=O)ccc1C.O=C(O)C(F)(F)F. The largest absolute Gasteiger partial charge is 0.493 e. The number of nitrogens with zero attached hydrogens (tertiary/aromatic N) is 1. The molecule has 0 aliphatic rings. The number of aliphatic carboxylic acids is 1. The van der Waals surface area contributed by atoms with Crippen LogP contribution in [0.4, 0.5) is 18.9 Å². The maximum atomic E-state index is 12.7. The third-order valence-electron chi connectivity index (χ3n) is 5.10. The van der Waals surface area contributed by atoms with Crippen LogP contribution in [0.1, 0.15) is 24.5 Å². The Morgan fingerprint density at radius 3 is 2.15 bits per heavy atom. The lowest BCUT2D eigenvalue weighted by atomic mass is 10.1. The van der Waals surface area contributed by atoms with Gasteiger partial charge in [0.05, 0.1) is 25.5 Å². The van der Waals surface area contributed by atoms with Gasteiger partial charge in [0, 0.05) is 5.69 Å². The molecule has 0 spiro atoms. The van der Waals surface area contributed by atoms with Crippen LogP contribution in [0.25, 0.3) is 0 Å². The van der Waals surface area contributed by atoms with E-state index in [-0.39, 0.29) is 29.4 Å². The van der Waals surface area contributed by atoms with Gasteiger partial charge in [-0.2, -0.15) is 13.2 Å². The molecular weight excluding hydrogens is 575 g/mol. The minimum absolute atomic E-state index is 0.000881. The molecule has 0 radical (unpaired) electrons. The van der Waals surface area contributed by atoms with Crippen molar-refractivity contribution in [2.24, 2.45) is 15.9 Å². The third kappa shape index (κ3) is 11.3. The van der Waals surface area contributed by atoms with Crippen LogP contribution in [0.2, 0.25) is 0 Å². The van der Waals surface area contributed by atoms with Crippen LogP contribution in [-0.4, -0.2) is 63.7 Å². The number of methoxy groups -OCH3 is 2. The molecule has 2 amide bonds. The van der Waals surface area contributed by atoms with Gasteiger partial charge >= 0.3 is 12.1 Å². The molecule has 2 aromatic rings. The molecule has 0 aromatic heterocycles. The molecule has 17 heteroatoms. The fraction of sp³-hybridized carbons (Fsp3) is 0.333. The average Bonchev–Trinajstić information content (AvgIpc) is 2.87. The summed E-state index contributed by atoms with van der Waals surface area (Å²) in [5.74, 6) is -2.90. The van der Waals surface area contributed by atoms with Crippen LogP contribution in [0.5, 0.6) is 11.5 Å². The molecule has 0 aliphatic heterocycles. The molecule has 7 N–H and O–H groups in total. The normalized spacial score (nSPS) is 12.3. The highest BCUT2D eigenvalue weighted by Gasteiger charge is 2.38. The summed E-state index contributed by atoms with van der Waals surface area (Å²) in [6.45, 7) is 3.43. The van der Waals surface area contributed by atoms with Crippen LogP contribution < -0.4 is 31.0 Å². The summed E-state index contributed by atoms with van der Waals surface area (Å²) in [4.78, 5) is 37.9. The summed E-state index contributed by atoms with van der Waals surface area (Å²) in [6, 6.07) is 8.31. The molecule has 0 bridgehead atoms. The minimum Gasteiger partial charge on any atom is -0.493 e. The number of nitrogens with one attached hydrogen (secondary N) is 2. The van der Waals surface area contributed by atoms with Crippen molar-refractivity contribution in [3.8, 4) is 11.5 Å². The smallest absolute Gasteiger partial charge is 0.490 e. The lowest BCUT2D eigenvalue weighted by Gasteiger charge is -2.15. The molecule has 0 unspecified atom stereocenters. The summed E-state index contributed by atoms with van der Waals surface area (Å²) in [6.07, 6.45) is -4.80. The van der Waals surface area contributed by atoms with Gasteiger partial charge in [0.25, 0.3) is 0 Å². The Hall–Kier alpha value is -4.38. The molecule has 2 aromatic carbocycles. The summed E-state index contributed by atoms with van der Waals surface area (Å²) in [7, 11) is -0.923. The Bertz CT molecular complexity index is 1400. The number of guanidine groups is 1. The van der Waals surface area contributed by atoms with Crippen molar-refractivity contribution in [3.05, 3.63) is 47.5 Å². The fourth-order valence-electron chi connectivity index (χ4n) is 3.03. The second-order valence-corrected chi connectivity index (χ2v) is 9.73. The highest BCUT2D eigenvalue weighted by Crippen LogP contribution is 2.27. The molecule has 0 aliphatic carbocycles. The van der Waals surface area contributed by atoms with E-state index in [1.807, 2.05) is 0 Å². The number of primary sulfonamides is 1. The number of amides is 2. The van der Waals surface area contributed by atoms with Gasteiger partial charge < -0.3 is 25.6 Å². The van der Waals surface area contributed by atoms with Gasteiger partial charge in [-0.05, 0) is 48.7 Å². The van der Waals surface area contributed by atoms with Gasteiger partial charge in [-0.15, -0.1) is 0 Å². The van der Waals surface area contributed by atoms with Crippen LogP contribution in [0.15, 0.2) is 46.3 Å². The van der Waals surface area contributed by atoms with E-state index in [2.05, 4.69) is 15.6 Å². The summed E-state index contributed by atoms with van der Waals surface area (Å²) in [5, 5.41) is 17.4. The average molecular weight is 606 g/mol. The Morgan fingerprint density at radius 2 is 1.66 bits per heavy atom. The second-order valence-electron chi connectivity index (χ2n) is 8.17. The topological polar surface area (TPSA) is 212 Å². The van der Waals surface area contributed by atoms with Crippen molar-refractivity contribution in [2.75, 3.05) is 19.5 Å². The van der Waals surface area contributed by atoms with Crippen LogP contribution >= 0.6 is 0 Å². The monoisotopic (exact) mass is 605 g/mol. The molecule has 41 heavy (non-hydrogen) atoms. The number of carboxylic acids is 1. The lowest BCUT2D eigenvalue weighted by molar-refractivity contribution is -0.192. The number of anilines is 1. The highest BCUT2D eigenvalue weighted by molar-refractivity contribution is 7.89. The Morgan fingerprint density at radius 1 is 1.07 bits per heavy atom. The zero-order valence-corrected chi connectivity index (χ0v) is 23.2. The fourth-order valence-corrected chi connectivity index (χ4v) is 3.57. The standard InChI is InChI=1S/C22H29N5O6S.C2HF3O2/c1-5-16(21(29)25-17-12-15(34(24,30)31)8-6-13(17)2)26-22(23)27-20(28)11-14-7-9-18(32-3)19(10-14)33-4;3-2(4,5)1(6)7/h6-10,12,16H,5,11H2,1-4H3,(H,25,29)(H2,24,30,31)(H3,23,26,27,28);(H,6,7)/t16-;/m1./s1. The number of hydrogen-bond acceptors (Lipinski definition) is 8. The molecule has 0 heterocycles. The quantitative estimate of drug-likeness (QED) is 0.207. The molecule has 13 nitrogen and oxygen atoms in total. The van der Waals surface area contributed by atoms with Crippen molar-refractivity contribution >= 4 is 39.5 Å². The van der Waals surface area contributed by atoms with Gasteiger partial charge in [-0.1, -0.05) is 19.1 Å². The number of ether oxygens (including phenoxy) is 2. The first kappa shape index (κ1) is 34.6. The first-order valence-electron chi connectivity index (χ1n) is 11.5. The van der Waals surface area contributed by atoms with Gasteiger partial charge in [-0.25, -0.2) is 23.3 Å². The van der Waals surface area contributed by atoms with E-state index < -0.39 is 40.0 Å². The first-order valence-corrected chi connectivity index (χ1v) is 13.1. The summed E-state index contributed by atoms with van der Waals surface area (Å²) < 4.78 is 65.3. The van der Waals surface area contributed by atoms with E-state index in [1.54, 1.807) is 32.0 Å². The first-order chi connectivity index (χ1) is 18.9. The van der Waals surface area contributed by atoms with Crippen LogP contribution in [-0.2, 0) is 30.8 Å². The van der Waals surface area contributed by atoms with Gasteiger partial charge in [0.2, 0.25) is 21.8 Å². The Kier molecular flexibility index (Phi) is 12.5. The van der Waals surface area contributed by atoms with E-state index in [9.17, 15) is 31.2 Å². The maximum Gasteiger partial charge on any atom is 0.490 e. The molecule has 1 atom stereocenters. The van der Waals surface area contributed by atoms with Crippen molar-refractivity contribution in [1.82, 2.24) is 5.32 Å². The number of nitrogens with two attached hydrogens (primary N) is 2. The maximum absolute atomic E-state index is 12.7. The molecule has 226 valence electrons. The van der Waals surface area contributed by atoms with Crippen molar-refractivity contribution in [3.63, 3.8) is 0 Å². The predicted molar refractivity (Wildman–Crippen MR) is 142 cm³/mol. The van der Waals surface area contributed by atoms with E-state index >= 15 is 0 Å². The number of carbonyl (C=O) groups is 3. The zero-order valence-electron chi connectivity index (χ0n) is 22.4. The molecule has 2 rings (SSSR count). The minimum atomic E-state index is -5.08. The van der Waals surface area contributed by atoms with Crippen LogP contribution in [0.3, 0.4) is 0 Å². The number of carboxylic acid groups (broad SMARTS) is 1. The van der Waals surface area contributed by atoms with E-state index in [0.29, 0.717) is 22.6 Å². The number of aryl methyl sites for hydroxylation is 1. The number of carbonyl (C=O) groups excluding carboxylic acids is 2. The van der Waals surface area contributed by atoms with Crippen LogP contribution in [0, 0.1) is 6.92 Å². The second kappa shape index (κ2) is 14.8. The van der Waals surface area contributed by atoms with Crippen molar-refractivity contribution in [2.45, 2.75) is 43.8 Å². The number of sulfonamides is 1. The number of rotatable bonds is 9. The number of alkyl halides is 3. The van der Waals surface area contributed by atoms with Gasteiger partial charge in [0.1, 0.15) is 6.04 Å². The molecule has 0 saturated carbocycles.